The number of rotatable bonds is 3. The molecule has 0 bridgehead atoms. The van der Waals surface area contributed by atoms with Crippen LogP contribution in [0.5, 0.6) is 0 Å². The highest BCUT2D eigenvalue weighted by atomic mass is 16.4. The van der Waals surface area contributed by atoms with Crippen molar-refractivity contribution in [2.45, 2.75) is 46.0 Å². The van der Waals surface area contributed by atoms with E-state index in [1.54, 1.807) is 0 Å². The molecule has 2 nitrogen and oxygen atoms in total. The van der Waals surface area contributed by atoms with Crippen LogP contribution in [-0.4, -0.2) is 11.1 Å². The van der Waals surface area contributed by atoms with Gasteiger partial charge in [0.15, 0.2) is 0 Å². The minimum atomic E-state index is -0.647. The summed E-state index contributed by atoms with van der Waals surface area (Å²) in [5.41, 5.74) is 0. The Balaban J connectivity index is 2.36. The zero-order valence-corrected chi connectivity index (χ0v) is 8.62. The van der Waals surface area contributed by atoms with Gasteiger partial charge in [-0.2, -0.15) is 0 Å². The lowest BCUT2D eigenvalue weighted by molar-refractivity contribution is -0.138. The van der Waals surface area contributed by atoms with Gasteiger partial charge in [-0.15, -0.1) is 0 Å². The van der Waals surface area contributed by atoms with Gasteiger partial charge in [0.05, 0.1) is 0 Å². The maximum atomic E-state index is 10.5. The molecule has 0 saturated heterocycles. The van der Waals surface area contributed by atoms with E-state index in [1.807, 2.05) is 0 Å². The minimum absolute atomic E-state index is 0.345. The molecule has 76 valence electrons. The molecule has 0 heterocycles. The Labute approximate surface area is 80.3 Å². The summed E-state index contributed by atoms with van der Waals surface area (Å²) >= 11 is 0. The molecule has 0 aromatic heterocycles. The van der Waals surface area contributed by atoms with Crippen LogP contribution >= 0.6 is 0 Å². The summed E-state index contributed by atoms with van der Waals surface area (Å²) in [4.78, 5) is 10.5. The number of carboxylic acids is 1. The summed E-state index contributed by atoms with van der Waals surface area (Å²) in [5, 5.41) is 8.68. The average molecular weight is 184 g/mol. The largest absolute Gasteiger partial charge is 0.481 e. The Morgan fingerprint density at radius 3 is 2.77 bits per heavy atom. The van der Waals surface area contributed by atoms with Gasteiger partial charge in [0.2, 0.25) is 0 Å². The predicted molar refractivity (Wildman–Crippen MR) is 52.5 cm³/mol. The number of hydrogen-bond donors (Lipinski definition) is 1. The third-order valence-electron chi connectivity index (χ3n) is 3.28. The second-order valence-corrected chi connectivity index (χ2v) is 4.61. The van der Waals surface area contributed by atoms with Gasteiger partial charge in [0, 0.05) is 6.42 Å². The van der Waals surface area contributed by atoms with Crippen molar-refractivity contribution in [3.05, 3.63) is 0 Å². The van der Waals surface area contributed by atoms with Crippen molar-refractivity contribution in [1.29, 1.82) is 0 Å². The van der Waals surface area contributed by atoms with Crippen LogP contribution in [0.3, 0.4) is 0 Å². The fourth-order valence-corrected chi connectivity index (χ4v) is 2.44. The molecule has 1 N–H and O–H groups in total. The summed E-state index contributed by atoms with van der Waals surface area (Å²) in [6.07, 6.45) is 5.43. The highest BCUT2D eigenvalue weighted by molar-refractivity contribution is 5.66. The first-order chi connectivity index (χ1) is 6.09. The zero-order valence-electron chi connectivity index (χ0n) is 8.62. The first-order valence-electron chi connectivity index (χ1n) is 5.31. The molecule has 1 fully saturated rings. The second-order valence-electron chi connectivity index (χ2n) is 4.61. The summed E-state index contributed by atoms with van der Waals surface area (Å²) in [6.45, 7) is 4.36. The summed E-state index contributed by atoms with van der Waals surface area (Å²) in [7, 11) is 0. The van der Waals surface area contributed by atoms with E-state index in [1.165, 1.54) is 25.7 Å². The third-order valence-corrected chi connectivity index (χ3v) is 3.28. The number of carboxylic acid groups (broad SMARTS) is 1. The van der Waals surface area contributed by atoms with Crippen molar-refractivity contribution in [3.8, 4) is 0 Å². The van der Waals surface area contributed by atoms with E-state index >= 15 is 0 Å². The minimum Gasteiger partial charge on any atom is -0.481 e. The van der Waals surface area contributed by atoms with Gasteiger partial charge in [0.1, 0.15) is 0 Å². The van der Waals surface area contributed by atoms with Crippen molar-refractivity contribution in [1.82, 2.24) is 0 Å². The van der Waals surface area contributed by atoms with Gasteiger partial charge in [0.25, 0.3) is 0 Å². The molecule has 1 aliphatic rings. The monoisotopic (exact) mass is 184 g/mol. The molecule has 2 heteroatoms. The van der Waals surface area contributed by atoms with E-state index in [0.29, 0.717) is 18.3 Å². The highest BCUT2D eigenvalue weighted by Crippen LogP contribution is 2.34. The van der Waals surface area contributed by atoms with Crippen LogP contribution in [0.15, 0.2) is 0 Å². The van der Waals surface area contributed by atoms with Crippen molar-refractivity contribution in [2.75, 3.05) is 0 Å². The normalized spacial score (nSPS) is 31.2. The molecule has 3 unspecified atom stereocenters. The molecule has 0 aromatic carbocycles. The third kappa shape index (κ3) is 3.37. The Morgan fingerprint density at radius 2 is 2.23 bits per heavy atom. The van der Waals surface area contributed by atoms with Crippen LogP contribution < -0.4 is 0 Å². The molecular weight excluding hydrogens is 164 g/mol. The Kier molecular flexibility index (Phi) is 3.76. The van der Waals surface area contributed by atoms with Crippen LogP contribution in [-0.2, 0) is 4.79 Å². The molecular formula is C11H20O2. The fourth-order valence-electron chi connectivity index (χ4n) is 2.44. The number of hydrogen-bond acceptors (Lipinski definition) is 1. The van der Waals surface area contributed by atoms with Crippen molar-refractivity contribution in [2.24, 2.45) is 17.8 Å². The van der Waals surface area contributed by atoms with Crippen molar-refractivity contribution < 1.29 is 9.90 Å². The van der Waals surface area contributed by atoms with E-state index in [2.05, 4.69) is 13.8 Å². The molecule has 0 radical (unpaired) electrons. The molecule has 1 aliphatic carbocycles. The van der Waals surface area contributed by atoms with Gasteiger partial charge in [-0.1, -0.05) is 33.1 Å². The lowest BCUT2D eigenvalue weighted by Crippen LogP contribution is -2.21. The standard InChI is InChI=1S/C11H20O2/c1-8-4-3-5-10(6-8)9(2)7-11(12)13/h8-10H,3-7H2,1-2H3,(H,12,13). The fraction of sp³-hybridized carbons (Fsp3) is 0.909. The first-order valence-corrected chi connectivity index (χ1v) is 5.31. The van der Waals surface area contributed by atoms with E-state index < -0.39 is 5.97 Å². The molecule has 0 aliphatic heterocycles. The zero-order chi connectivity index (χ0) is 9.84. The molecule has 13 heavy (non-hydrogen) atoms. The van der Waals surface area contributed by atoms with Gasteiger partial charge in [-0.3, -0.25) is 4.79 Å². The maximum Gasteiger partial charge on any atom is 0.303 e. The average Bonchev–Trinajstić information content (AvgIpc) is 2.03. The molecule has 3 atom stereocenters. The quantitative estimate of drug-likeness (QED) is 0.732. The van der Waals surface area contributed by atoms with Crippen molar-refractivity contribution >= 4 is 5.97 Å². The van der Waals surface area contributed by atoms with Crippen molar-refractivity contribution in [3.63, 3.8) is 0 Å². The van der Waals surface area contributed by atoms with E-state index in [-0.39, 0.29) is 0 Å². The van der Waals surface area contributed by atoms with E-state index in [9.17, 15) is 4.79 Å². The van der Waals surface area contributed by atoms with E-state index in [0.717, 1.165) is 5.92 Å². The highest BCUT2D eigenvalue weighted by Gasteiger charge is 2.24. The molecule has 0 aromatic rings. The van der Waals surface area contributed by atoms with Crippen LogP contribution in [0.2, 0.25) is 0 Å². The van der Waals surface area contributed by atoms with Crippen LogP contribution in [0.25, 0.3) is 0 Å². The molecule has 0 spiro atoms. The smallest absolute Gasteiger partial charge is 0.303 e. The maximum absolute atomic E-state index is 10.5. The van der Waals surface area contributed by atoms with Crippen LogP contribution in [0.4, 0.5) is 0 Å². The Morgan fingerprint density at radius 1 is 1.54 bits per heavy atom. The first kappa shape index (κ1) is 10.6. The van der Waals surface area contributed by atoms with Crippen LogP contribution in [0.1, 0.15) is 46.0 Å². The topological polar surface area (TPSA) is 37.3 Å². The molecule has 0 amide bonds. The predicted octanol–water partition coefficient (Wildman–Crippen LogP) is 2.92. The number of aliphatic carboxylic acids is 1. The SMILES string of the molecule is CC1CCCC(C(C)CC(=O)O)C1. The number of carbonyl (C=O) groups is 1. The Bertz CT molecular complexity index is 177. The van der Waals surface area contributed by atoms with Gasteiger partial charge < -0.3 is 5.11 Å². The summed E-state index contributed by atoms with van der Waals surface area (Å²) < 4.78 is 0. The van der Waals surface area contributed by atoms with Gasteiger partial charge in [-0.05, 0) is 24.2 Å². The lowest BCUT2D eigenvalue weighted by atomic mass is 9.75. The van der Waals surface area contributed by atoms with Gasteiger partial charge >= 0.3 is 5.97 Å². The second kappa shape index (κ2) is 4.64. The summed E-state index contributed by atoms with van der Waals surface area (Å²) in [6, 6.07) is 0. The Hall–Kier alpha value is -0.530. The van der Waals surface area contributed by atoms with Crippen LogP contribution in [0, 0.1) is 17.8 Å². The van der Waals surface area contributed by atoms with Gasteiger partial charge in [-0.25, -0.2) is 0 Å². The molecule has 1 saturated carbocycles. The molecule has 1 rings (SSSR count). The lowest BCUT2D eigenvalue weighted by Gasteiger charge is -2.30. The summed E-state index contributed by atoms with van der Waals surface area (Å²) in [5.74, 6) is 1.17. The van der Waals surface area contributed by atoms with E-state index in [4.69, 9.17) is 5.11 Å².